The van der Waals surface area contributed by atoms with E-state index in [1.54, 1.807) is 18.2 Å². The zero-order chi connectivity index (χ0) is 24.2. The van der Waals surface area contributed by atoms with Gasteiger partial charge in [0, 0.05) is 50.9 Å². The quantitative estimate of drug-likeness (QED) is 0.464. The zero-order valence-electron chi connectivity index (χ0n) is 19.8. The first kappa shape index (κ1) is 24.3. The van der Waals surface area contributed by atoms with E-state index < -0.39 is 10.8 Å². The van der Waals surface area contributed by atoms with Crippen LogP contribution >= 0.6 is 11.6 Å². The van der Waals surface area contributed by atoms with Crippen molar-refractivity contribution in [1.82, 2.24) is 4.90 Å². The van der Waals surface area contributed by atoms with Crippen LogP contribution in [0.2, 0.25) is 5.02 Å². The largest absolute Gasteiger partial charge is 0.366 e. The molecule has 0 atom stereocenters. The molecule has 8 nitrogen and oxygen atoms in total. The van der Waals surface area contributed by atoms with Crippen LogP contribution in [-0.2, 0) is 0 Å². The van der Waals surface area contributed by atoms with Gasteiger partial charge in [-0.15, -0.1) is 0 Å². The number of piperazine rings is 1. The van der Waals surface area contributed by atoms with Gasteiger partial charge in [0.15, 0.2) is 0 Å². The van der Waals surface area contributed by atoms with Gasteiger partial charge in [-0.2, -0.15) is 0 Å². The number of piperidine rings is 1. The smallest absolute Gasteiger partial charge is 0.293 e. The monoisotopic (exact) mass is 485 g/mol. The van der Waals surface area contributed by atoms with E-state index in [0.717, 1.165) is 64.3 Å². The standard InChI is InChI=1S/C25H32ClN5O3/c1-3-28-13-15-30(16-14-28)24-20(26)5-4-6-21(24)27-25(32)19-7-8-22(23(17-19)31(33)34)29-11-9-18(2)10-12-29/h4-8,17-18H,3,9-16H2,1-2H3,(H,27,32). The number of hydrogen-bond acceptors (Lipinski definition) is 6. The van der Waals surface area contributed by atoms with E-state index >= 15 is 0 Å². The number of para-hydroxylation sites is 1. The molecule has 2 aromatic rings. The molecule has 2 aliphatic rings. The average molecular weight is 486 g/mol. The molecule has 0 saturated carbocycles. The number of nitro groups is 1. The van der Waals surface area contributed by atoms with Crippen LogP contribution in [0.5, 0.6) is 0 Å². The molecule has 0 spiro atoms. The van der Waals surface area contributed by atoms with E-state index in [0.29, 0.717) is 22.3 Å². The minimum absolute atomic E-state index is 0.0378. The van der Waals surface area contributed by atoms with Crippen LogP contribution in [0.15, 0.2) is 36.4 Å². The summed E-state index contributed by atoms with van der Waals surface area (Å²) in [6, 6.07) is 10.2. The SMILES string of the molecule is CCN1CCN(c2c(Cl)cccc2NC(=O)c2ccc(N3CCC(C)CC3)c([N+](=O)[O-])c2)CC1. The molecule has 0 aromatic heterocycles. The van der Waals surface area contributed by atoms with Crippen molar-refractivity contribution in [3.05, 3.63) is 57.1 Å². The van der Waals surface area contributed by atoms with E-state index in [4.69, 9.17) is 11.6 Å². The lowest BCUT2D eigenvalue weighted by Gasteiger charge is -2.36. The maximum absolute atomic E-state index is 13.1. The summed E-state index contributed by atoms with van der Waals surface area (Å²) in [5, 5.41) is 15.4. The molecule has 2 heterocycles. The van der Waals surface area contributed by atoms with Gasteiger partial charge < -0.3 is 20.0 Å². The molecule has 34 heavy (non-hydrogen) atoms. The number of carbonyl (C=O) groups excluding carboxylic acids is 1. The lowest BCUT2D eigenvalue weighted by atomic mass is 9.98. The fourth-order valence-corrected chi connectivity index (χ4v) is 5.04. The molecule has 2 aromatic carbocycles. The van der Waals surface area contributed by atoms with Crippen molar-refractivity contribution in [3.8, 4) is 0 Å². The maximum atomic E-state index is 13.1. The number of nitrogens with one attached hydrogen (secondary N) is 1. The number of amides is 1. The predicted octanol–water partition coefficient (Wildman–Crippen LogP) is 4.88. The third-order valence-corrected chi connectivity index (χ3v) is 7.23. The van der Waals surface area contributed by atoms with Crippen LogP contribution in [0.4, 0.5) is 22.7 Å². The molecule has 0 radical (unpaired) electrons. The number of nitro benzene ring substituents is 1. The van der Waals surface area contributed by atoms with Crippen LogP contribution < -0.4 is 15.1 Å². The average Bonchev–Trinajstić information content (AvgIpc) is 2.84. The van der Waals surface area contributed by atoms with Gasteiger partial charge in [0.2, 0.25) is 0 Å². The van der Waals surface area contributed by atoms with Gasteiger partial charge in [-0.3, -0.25) is 14.9 Å². The lowest BCUT2D eigenvalue weighted by Crippen LogP contribution is -2.46. The predicted molar refractivity (Wildman–Crippen MR) is 137 cm³/mol. The van der Waals surface area contributed by atoms with Crippen molar-refractivity contribution in [1.29, 1.82) is 0 Å². The highest BCUT2D eigenvalue weighted by Gasteiger charge is 2.26. The molecular formula is C25H32ClN5O3. The van der Waals surface area contributed by atoms with Crippen molar-refractivity contribution >= 4 is 40.3 Å². The van der Waals surface area contributed by atoms with Crippen molar-refractivity contribution in [2.45, 2.75) is 26.7 Å². The van der Waals surface area contributed by atoms with Gasteiger partial charge in [-0.05, 0) is 49.6 Å². The van der Waals surface area contributed by atoms with Crippen molar-refractivity contribution in [2.75, 3.05) is 60.9 Å². The van der Waals surface area contributed by atoms with E-state index in [2.05, 4.69) is 29.0 Å². The Kier molecular flexibility index (Phi) is 7.58. The van der Waals surface area contributed by atoms with Gasteiger partial charge in [-0.1, -0.05) is 31.5 Å². The fraction of sp³-hybridized carbons (Fsp3) is 0.480. The Morgan fingerprint density at radius 2 is 1.79 bits per heavy atom. The summed E-state index contributed by atoms with van der Waals surface area (Å²) in [5.74, 6) is 0.231. The highest BCUT2D eigenvalue weighted by molar-refractivity contribution is 6.34. The highest BCUT2D eigenvalue weighted by atomic mass is 35.5. The summed E-state index contributed by atoms with van der Waals surface area (Å²) in [4.78, 5) is 31.2. The Morgan fingerprint density at radius 3 is 2.44 bits per heavy atom. The number of nitrogens with zero attached hydrogens (tertiary/aromatic N) is 4. The minimum atomic E-state index is -0.401. The molecule has 4 rings (SSSR count). The third kappa shape index (κ3) is 5.28. The van der Waals surface area contributed by atoms with Crippen LogP contribution in [0.3, 0.4) is 0 Å². The van der Waals surface area contributed by atoms with E-state index in [1.807, 2.05) is 17.0 Å². The molecule has 0 aliphatic carbocycles. The number of hydrogen-bond donors (Lipinski definition) is 1. The van der Waals surface area contributed by atoms with Crippen LogP contribution in [-0.4, -0.2) is 61.5 Å². The Bertz CT molecular complexity index is 1050. The third-order valence-electron chi connectivity index (χ3n) is 6.93. The number of halogens is 1. The molecule has 1 N–H and O–H groups in total. The van der Waals surface area contributed by atoms with Gasteiger partial charge in [0.1, 0.15) is 5.69 Å². The minimum Gasteiger partial charge on any atom is -0.366 e. The summed E-state index contributed by atoms with van der Waals surface area (Å²) in [6.07, 6.45) is 2.01. The highest BCUT2D eigenvalue weighted by Crippen LogP contribution is 2.36. The van der Waals surface area contributed by atoms with Crippen molar-refractivity contribution in [2.24, 2.45) is 5.92 Å². The molecule has 2 saturated heterocycles. The summed E-state index contributed by atoms with van der Waals surface area (Å²) in [5.41, 5.74) is 2.19. The van der Waals surface area contributed by atoms with Crippen LogP contribution in [0.25, 0.3) is 0 Å². The molecule has 9 heteroatoms. The number of carbonyl (C=O) groups is 1. The molecule has 182 valence electrons. The molecule has 0 unspecified atom stereocenters. The number of rotatable bonds is 6. The first-order chi connectivity index (χ1) is 16.4. The molecule has 2 fully saturated rings. The van der Waals surface area contributed by atoms with Gasteiger partial charge >= 0.3 is 0 Å². The molecule has 0 bridgehead atoms. The van der Waals surface area contributed by atoms with Crippen molar-refractivity contribution in [3.63, 3.8) is 0 Å². The second-order valence-corrected chi connectivity index (χ2v) is 9.55. The van der Waals surface area contributed by atoms with Crippen LogP contribution in [0, 0.1) is 16.0 Å². The summed E-state index contributed by atoms with van der Waals surface area (Å²) < 4.78 is 0. The Labute approximate surface area is 205 Å². The Hall–Kier alpha value is -2.84. The second kappa shape index (κ2) is 10.6. The summed E-state index contributed by atoms with van der Waals surface area (Å²) in [6.45, 7) is 10.4. The summed E-state index contributed by atoms with van der Waals surface area (Å²) in [7, 11) is 0. The normalized spacial score (nSPS) is 17.6. The number of benzene rings is 2. The first-order valence-corrected chi connectivity index (χ1v) is 12.4. The van der Waals surface area contributed by atoms with Crippen molar-refractivity contribution < 1.29 is 9.72 Å². The lowest BCUT2D eigenvalue weighted by molar-refractivity contribution is -0.384. The van der Waals surface area contributed by atoms with E-state index in [-0.39, 0.29) is 11.3 Å². The van der Waals surface area contributed by atoms with E-state index in [9.17, 15) is 14.9 Å². The maximum Gasteiger partial charge on any atom is 0.293 e. The fourth-order valence-electron chi connectivity index (χ4n) is 4.75. The Balaban J connectivity index is 1.56. The number of anilines is 3. The number of likely N-dealkylation sites (N-methyl/N-ethyl adjacent to an activating group) is 1. The first-order valence-electron chi connectivity index (χ1n) is 12.0. The van der Waals surface area contributed by atoms with Crippen LogP contribution in [0.1, 0.15) is 37.0 Å². The summed E-state index contributed by atoms with van der Waals surface area (Å²) >= 11 is 6.54. The Morgan fingerprint density at radius 1 is 1.09 bits per heavy atom. The zero-order valence-corrected chi connectivity index (χ0v) is 20.6. The van der Waals surface area contributed by atoms with Gasteiger partial charge in [0.05, 0.1) is 21.3 Å². The van der Waals surface area contributed by atoms with Gasteiger partial charge in [-0.25, -0.2) is 0 Å². The molecule has 1 amide bonds. The van der Waals surface area contributed by atoms with E-state index in [1.165, 1.54) is 6.07 Å². The van der Waals surface area contributed by atoms with Gasteiger partial charge in [0.25, 0.3) is 11.6 Å². The second-order valence-electron chi connectivity index (χ2n) is 9.14. The molecule has 2 aliphatic heterocycles. The molecular weight excluding hydrogens is 454 g/mol. The topological polar surface area (TPSA) is 82.0 Å².